The molecule has 1 aromatic carbocycles. The first-order valence-electron chi connectivity index (χ1n) is 5.50. The lowest BCUT2D eigenvalue weighted by Gasteiger charge is -2.18. The van der Waals surface area contributed by atoms with E-state index >= 15 is 0 Å². The van der Waals surface area contributed by atoms with E-state index in [0.29, 0.717) is 6.42 Å². The Morgan fingerprint density at radius 3 is 2.20 bits per heavy atom. The van der Waals surface area contributed by atoms with Crippen molar-refractivity contribution in [3.8, 4) is 0 Å². The molecule has 1 amide bonds. The van der Waals surface area contributed by atoms with Gasteiger partial charge in [-0.15, -0.1) is 0 Å². The molecule has 15 heavy (non-hydrogen) atoms. The van der Waals surface area contributed by atoms with E-state index in [-0.39, 0.29) is 5.91 Å². The van der Waals surface area contributed by atoms with E-state index in [0.717, 1.165) is 18.7 Å². The third kappa shape index (κ3) is 3.42. The van der Waals surface area contributed by atoms with E-state index in [9.17, 15) is 4.79 Å². The molecular formula is C12H18BNO. The van der Waals surface area contributed by atoms with Crippen LogP contribution in [-0.2, 0) is 11.2 Å². The van der Waals surface area contributed by atoms with Gasteiger partial charge in [0, 0.05) is 13.1 Å². The van der Waals surface area contributed by atoms with Crippen LogP contribution in [0.2, 0.25) is 0 Å². The minimum Gasteiger partial charge on any atom is -0.343 e. The Morgan fingerprint density at radius 2 is 1.73 bits per heavy atom. The van der Waals surface area contributed by atoms with Crippen molar-refractivity contribution in [2.24, 2.45) is 0 Å². The summed E-state index contributed by atoms with van der Waals surface area (Å²) >= 11 is 0. The standard InChI is InChI=1S/C12H18BNO/c1-3-14(4-2)12(15)9-10-5-7-11(13)8-6-10/h5-8H,3-4,9,13H2,1-2H3. The van der Waals surface area contributed by atoms with Gasteiger partial charge in [-0.3, -0.25) is 4.79 Å². The molecule has 2 nitrogen and oxygen atoms in total. The fraction of sp³-hybridized carbons (Fsp3) is 0.417. The van der Waals surface area contributed by atoms with Gasteiger partial charge in [0.1, 0.15) is 7.85 Å². The fourth-order valence-electron chi connectivity index (χ4n) is 1.57. The second-order valence-corrected chi connectivity index (χ2v) is 3.73. The zero-order valence-electron chi connectivity index (χ0n) is 9.79. The van der Waals surface area contributed by atoms with Gasteiger partial charge >= 0.3 is 0 Å². The first kappa shape index (κ1) is 11.8. The zero-order valence-corrected chi connectivity index (χ0v) is 9.79. The van der Waals surface area contributed by atoms with Crippen molar-refractivity contribution in [1.29, 1.82) is 0 Å². The van der Waals surface area contributed by atoms with Crippen LogP contribution < -0.4 is 5.46 Å². The maximum absolute atomic E-state index is 11.8. The molecule has 0 N–H and O–H groups in total. The number of benzene rings is 1. The predicted octanol–water partition coefficient (Wildman–Crippen LogP) is 0.356. The van der Waals surface area contributed by atoms with E-state index in [1.165, 1.54) is 5.46 Å². The normalized spacial score (nSPS) is 10.0. The molecule has 1 rings (SSSR count). The minimum atomic E-state index is 0.212. The quantitative estimate of drug-likeness (QED) is 0.647. The summed E-state index contributed by atoms with van der Waals surface area (Å²) in [6.07, 6.45) is 0.516. The summed E-state index contributed by atoms with van der Waals surface area (Å²) in [7, 11) is 2.05. The predicted molar refractivity (Wildman–Crippen MR) is 66.3 cm³/mol. The summed E-state index contributed by atoms with van der Waals surface area (Å²) in [6, 6.07) is 8.14. The number of carbonyl (C=O) groups excluding carboxylic acids is 1. The van der Waals surface area contributed by atoms with Crippen molar-refractivity contribution in [3.63, 3.8) is 0 Å². The fourth-order valence-corrected chi connectivity index (χ4v) is 1.57. The van der Waals surface area contributed by atoms with Crippen LogP contribution in [-0.4, -0.2) is 31.7 Å². The van der Waals surface area contributed by atoms with E-state index in [4.69, 9.17) is 0 Å². The van der Waals surface area contributed by atoms with E-state index < -0.39 is 0 Å². The number of hydrogen-bond donors (Lipinski definition) is 0. The van der Waals surface area contributed by atoms with E-state index in [1.807, 2.05) is 43.0 Å². The largest absolute Gasteiger partial charge is 0.343 e. The van der Waals surface area contributed by atoms with Crippen LogP contribution in [0, 0.1) is 0 Å². The summed E-state index contributed by atoms with van der Waals surface area (Å²) < 4.78 is 0. The maximum atomic E-state index is 11.8. The topological polar surface area (TPSA) is 20.3 Å². The molecular weight excluding hydrogens is 185 g/mol. The number of likely N-dealkylation sites (N-methyl/N-ethyl adjacent to an activating group) is 1. The molecule has 3 heteroatoms. The van der Waals surface area contributed by atoms with Crippen molar-refractivity contribution in [1.82, 2.24) is 4.90 Å². The van der Waals surface area contributed by atoms with Gasteiger partial charge in [0.15, 0.2) is 0 Å². The monoisotopic (exact) mass is 203 g/mol. The Morgan fingerprint density at radius 1 is 1.20 bits per heavy atom. The van der Waals surface area contributed by atoms with Crippen LogP contribution in [0.5, 0.6) is 0 Å². The molecule has 1 aromatic rings. The molecule has 0 heterocycles. The Hall–Kier alpha value is -1.25. The highest BCUT2D eigenvalue weighted by molar-refractivity contribution is 6.32. The van der Waals surface area contributed by atoms with Crippen LogP contribution in [0.25, 0.3) is 0 Å². The molecule has 0 radical (unpaired) electrons. The van der Waals surface area contributed by atoms with Crippen LogP contribution in [0.15, 0.2) is 24.3 Å². The van der Waals surface area contributed by atoms with Crippen molar-refractivity contribution in [2.75, 3.05) is 13.1 Å². The second-order valence-electron chi connectivity index (χ2n) is 3.73. The molecule has 0 spiro atoms. The van der Waals surface area contributed by atoms with Crippen LogP contribution in [0.3, 0.4) is 0 Å². The van der Waals surface area contributed by atoms with Crippen molar-refractivity contribution in [2.45, 2.75) is 20.3 Å². The minimum absolute atomic E-state index is 0.212. The molecule has 0 aromatic heterocycles. The van der Waals surface area contributed by atoms with Crippen molar-refractivity contribution in [3.05, 3.63) is 29.8 Å². The number of carbonyl (C=O) groups is 1. The first-order chi connectivity index (χ1) is 7.17. The molecule has 0 aliphatic carbocycles. The van der Waals surface area contributed by atoms with Gasteiger partial charge in [0.2, 0.25) is 5.91 Å². The van der Waals surface area contributed by atoms with Crippen LogP contribution >= 0.6 is 0 Å². The molecule has 0 saturated heterocycles. The zero-order chi connectivity index (χ0) is 11.3. The highest BCUT2D eigenvalue weighted by Gasteiger charge is 2.09. The molecule has 0 aliphatic heterocycles. The molecule has 0 bridgehead atoms. The van der Waals surface area contributed by atoms with Crippen LogP contribution in [0.1, 0.15) is 19.4 Å². The molecule has 80 valence electrons. The van der Waals surface area contributed by atoms with Crippen LogP contribution in [0.4, 0.5) is 0 Å². The molecule has 0 aliphatic rings. The Balaban J connectivity index is 2.61. The Bertz CT molecular complexity index is 317. The van der Waals surface area contributed by atoms with E-state index in [2.05, 4.69) is 7.85 Å². The summed E-state index contributed by atoms with van der Waals surface area (Å²) in [5, 5.41) is 0. The lowest BCUT2D eigenvalue weighted by atomic mass is 9.95. The lowest BCUT2D eigenvalue weighted by molar-refractivity contribution is -0.130. The van der Waals surface area contributed by atoms with Gasteiger partial charge < -0.3 is 4.90 Å². The van der Waals surface area contributed by atoms with Gasteiger partial charge in [-0.05, 0) is 19.4 Å². The maximum Gasteiger partial charge on any atom is 0.226 e. The smallest absolute Gasteiger partial charge is 0.226 e. The van der Waals surface area contributed by atoms with E-state index in [1.54, 1.807) is 0 Å². The third-order valence-corrected chi connectivity index (χ3v) is 2.59. The van der Waals surface area contributed by atoms with Gasteiger partial charge in [-0.2, -0.15) is 0 Å². The summed E-state index contributed by atoms with van der Waals surface area (Å²) in [6.45, 7) is 5.61. The second kappa shape index (κ2) is 5.59. The van der Waals surface area contributed by atoms with Crippen molar-refractivity contribution >= 4 is 19.2 Å². The summed E-state index contributed by atoms with van der Waals surface area (Å²) in [5.74, 6) is 0.212. The molecule has 0 fully saturated rings. The molecule has 0 saturated carbocycles. The SMILES string of the molecule is Bc1ccc(CC(=O)N(CC)CC)cc1. The molecule has 0 unspecified atom stereocenters. The Labute approximate surface area is 92.7 Å². The lowest BCUT2D eigenvalue weighted by Crippen LogP contribution is -2.31. The van der Waals surface area contributed by atoms with Gasteiger partial charge in [0.05, 0.1) is 6.42 Å². The average Bonchev–Trinajstić information content (AvgIpc) is 2.23. The summed E-state index contributed by atoms with van der Waals surface area (Å²) in [5.41, 5.74) is 2.33. The first-order valence-corrected chi connectivity index (χ1v) is 5.50. The average molecular weight is 203 g/mol. The number of amides is 1. The van der Waals surface area contributed by atoms with Crippen molar-refractivity contribution < 1.29 is 4.79 Å². The number of hydrogen-bond acceptors (Lipinski definition) is 1. The molecule has 0 atom stereocenters. The Kier molecular flexibility index (Phi) is 4.41. The highest BCUT2D eigenvalue weighted by atomic mass is 16.2. The highest BCUT2D eigenvalue weighted by Crippen LogP contribution is 2.01. The number of nitrogens with zero attached hydrogens (tertiary/aromatic N) is 1. The van der Waals surface area contributed by atoms with Gasteiger partial charge in [-0.25, -0.2) is 0 Å². The van der Waals surface area contributed by atoms with Gasteiger partial charge in [0.25, 0.3) is 0 Å². The summed E-state index contributed by atoms with van der Waals surface area (Å²) in [4.78, 5) is 13.6. The van der Waals surface area contributed by atoms with Gasteiger partial charge in [-0.1, -0.05) is 29.7 Å². The third-order valence-electron chi connectivity index (χ3n) is 2.59. The number of rotatable bonds is 4.